The molecule has 0 aliphatic carbocycles. The van der Waals surface area contributed by atoms with E-state index >= 15 is 0 Å². The lowest BCUT2D eigenvalue weighted by molar-refractivity contribution is -0.156. The van der Waals surface area contributed by atoms with E-state index in [1.165, 1.54) is 30.9 Å². The Bertz CT molecular complexity index is 1680. The number of carbonyl (C=O) groups excluding carboxylic acids is 5. The summed E-state index contributed by atoms with van der Waals surface area (Å²) in [5.41, 5.74) is 3.72. The van der Waals surface area contributed by atoms with Crippen LogP contribution >= 0.6 is 33.2 Å². The van der Waals surface area contributed by atoms with Crippen LogP contribution < -0.4 is 21.7 Å². The van der Waals surface area contributed by atoms with Crippen molar-refractivity contribution in [1.29, 1.82) is 0 Å². The average Bonchev–Trinajstić information content (AvgIpc) is 3.80. The Morgan fingerprint density at radius 2 is 1.95 bits per heavy atom. The lowest BCUT2D eigenvalue weighted by Crippen LogP contribution is -2.63. The van der Waals surface area contributed by atoms with Gasteiger partial charge in [-0.2, -0.15) is 0 Å². The fraction of sp³-hybridized carbons (Fsp3) is 0.595. The van der Waals surface area contributed by atoms with Crippen molar-refractivity contribution < 1.29 is 53.1 Å². The summed E-state index contributed by atoms with van der Waals surface area (Å²) < 4.78 is 23.3. The van der Waals surface area contributed by atoms with Gasteiger partial charge in [0.25, 0.3) is 0 Å². The molecule has 55 heavy (non-hydrogen) atoms. The van der Waals surface area contributed by atoms with Crippen LogP contribution in [0.2, 0.25) is 5.02 Å². The van der Waals surface area contributed by atoms with Crippen LogP contribution in [0.4, 0.5) is 10.5 Å². The standard InChI is InChI=1S/C37H51ClN4O11S2/c1-19-8-7-9-27(50-6)37(49)18-26(51-35(48)42-37)21(3)33-36(5,53-33)28(17-31(46)41-24-15-23(14-19)16-25(43)32(24)38)52-34(47)22(4)40-30(45)12-13-54-55-20(2)10-11-29(39)44/h7-9,15-16,20-22,26-28,33,43,49H,10-14,17-18H2,1-6H3,(H2,39,44)(H,40,45)(H,41,46)(H,42,48)/b9-7+,19-8+/t20?,21-,22+,26+,27-,28+,33+,36+,37+/m1/s1. The van der Waals surface area contributed by atoms with Crippen LogP contribution in [0.1, 0.15) is 72.3 Å². The number of primary amides is 1. The number of carbonyl (C=O) groups is 5. The Morgan fingerprint density at radius 1 is 1.22 bits per heavy atom. The molecule has 4 amide bonds. The number of aliphatic hydroxyl groups is 1. The molecule has 1 aromatic rings. The number of amides is 4. The third-order valence-corrected chi connectivity index (χ3v) is 13.1. The van der Waals surface area contributed by atoms with E-state index in [0.717, 1.165) is 5.57 Å². The van der Waals surface area contributed by atoms with Gasteiger partial charge in [-0.1, -0.05) is 70.8 Å². The zero-order chi connectivity index (χ0) is 40.7. The van der Waals surface area contributed by atoms with Crippen molar-refractivity contribution in [3.05, 3.63) is 46.5 Å². The number of rotatable bonds is 12. The first-order valence-corrected chi connectivity index (χ1v) is 20.7. The van der Waals surface area contributed by atoms with E-state index in [-0.39, 0.29) is 52.8 Å². The topological polar surface area (TPSA) is 228 Å². The number of phenols is 1. The fourth-order valence-corrected chi connectivity index (χ4v) is 9.07. The van der Waals surface area contributed by atoms with Gasteiger partial charge in [0.05, 0.1) is 18.2 Å². The minimum absolute atomic E-state index is 0.0794. The molecule has 7 N–H and O–H groups in total. The maximum absolute atomic E-state index is 13.6. The highest BCUT2D eigenvalue weighted by Gasteiger charge is 2.64. The number of benzene rings is 1. The summed E-state index contributed by atoms with van der Waals surface area (Å²) in [6, 6.07) is 2.02. The molecule has 4 rings (SSSR count). The molecule has 3 heterocycles. The molecule has 3 aliphatic rings. The second kappa shape index (κ2) is 19.1. The van der Waals surface area contributed by atoms with Crippen LogP contribution in [0, 0.1) is 5.92 Å². The number of hydrogen-bond donors (Lipinski definition) is 6. The minimum Gasteiger partial charge on any atom is -0.506 e. The van der Waals surface area contributed by atoms with Crippen LogP contribution in [-0.4, -0.2) is 99.9 Å². The van der Waals surface area contributed by atoms with Crippen molar-refractivity contribution in [2.75, 3.05) is 18.2 Å². The van der Waals surface area contributed by atoms with Crippen molar-refractivity contribution >= 4 is 68.7 Å². The smallest absolute Gasteiger partial charge is 0.409 e. The molecule has 9 atom stereocenters. The molecule has 0 saturated carbocycles. The molecular weight excluding hydrogens is 776 g/mol. The van der Waals surface area contributed by atoms with E-state index < -0.39 is 72.1 Å². The van der Waals surface area contributed by atoms with Crippen LogP contribution in [0.5, 0.6) is 5.75 Å². The van der Waals surface area contributed by atoms with Gasteiger partial charge >= 0.3 is 12.1 Å². The number of alkyl carbamates (subject to hydrolysis) is 1. The van der Waals surface area contributed by atoms with E-state index in [4.69, 9.17) is 36.3 Å². The number of phenolic OH excluding ortho intramolecular Hbond substituents is 1. The average molecular weight is 827 g/mol. The minimum atomic E-state index is -1.86. The highest BCUT2D eigenvalue weighted by Crippen LogP contribution is 2.49. The van der Waals surface area contributed by atoms with Gasteiger partial charge in [-0.3, -0.25) is 19.7 Å². The summed E-state index contributed by atoms with van der Waals surface area (Å²) in [5.74, 6) is -2.52. The molecule has 4 bridgehead atoms. The Morgan fingerprint density at radius 3 is 2.64 bits per heavy atom. The molecule has 0 radical (unpaired) electrons. The van der Waals surface area contributed by atoms with E-state index in [1.54, 1.807) is 48.9 Å². The number of allylic oxidation sites excluding steroid dienone is 3. The number of nitrogens with one attached hydrogen (secondary N) is 3. The number of methoxy groups -OCH3 is 1. The van der Waals surface area contributed by atoms with Crippen molar-refractivity contribution in [1.82, 2.24) is 10.6 Å². The number of fused-ring (bicyclic) bond motifs is 5. The lowest BCUT2D eigenvalue weighted by atomic mass is 9.83. The summed E-state index contributed by atoms with van der Waals surface area (Å²) in [5, 5.41) is 30.2. The van der Waals surface area contributed by atoms with Gasteiger partial charge in [0.2, 0.25) is 17.7 Å². The second-order valence-corrected chi connectivity index (χ2v) is 17.7. The van der Waals surface area contributed by atoms with Gasteiger partial charge in [0.15, 0.2) is 5.72 Å². The van der Waals surface area contributed by atoms with E-state index in [1.807, 2.05) is 13.8 Å². The highest BCUT2D eigenvalue weighted by atomic mass is 35.5. The zero-order valence-corrected chi connectivity index (χ0v) is 34.1. The van der Waals surface area contributed by atoms with Crippen molar-refractivity contribution in [2.24, 2.45) is 11.7 Å². The fourth-order valence-electron chi connectivity index (χ4n) is 6.58. The lowest BCUT2D eigenvalue weighted by Gasteiger charge is -2.42. The predicted molar refractivity (Wildman–Crippen MR) is 209 cm³/mol. The van der Waals surface area contributed by atoms with E-state index in [2.05, 4.69) is 16.0 Å². The Balaban J connectivity index is 1.55. The molecule has 3 aliphatic heterocycles. The van der Waals surface area contributed by atoms with Crippen LogP contribution in [0.3, 0.4) is 0 Å². The quantitative estimate of drug-likeness (QED) is 0.0750. The zero-order valence-electron chi connectivity index (χ0n) is 31.7. The Labute approximate surface area is 333 Å². The number of esters is 1. The molecule has 0 spiro atoms. The number of anilines is 1. The molecule has 15 nitrogen and oxygen atoms in total. The SMILES string of the molecule is CO[C@@H]1/C=C/C=C(\C)Cc2cc(O)c(Cl)c(c2)NC(=O)C[C@H](OC(=O)[C@H](C)NC(=O)CCSSC(C)CCC(N)=O)[C@]2(C)O[C@H]2[C@H](C)[C@@H]2C[C@@]1(O)NC(=O)O2. The van der Waals surface area contributed by atoms with Gasteiger partial charge in [-0.15, -0.1) is 0 Å². The van der Waals surface area contributed by atoms with Gasteiger partial charge in [0.1, 0.15) is 40.7 Å². The first-order valence-electron chi connectivity index (χ1n) is 18.0. The number of hydrogen-bond acceptors (Lipinski definition) is 13. The number of halogens is 1. The maximum Gasteiger partial charge on any atom is 0.409 e. The van der Waals surface area contributed by atoms with E-state index in [0.29, 0.717) is 24.2 Å². The van der Waals surface area contributed by atoms with Gasteiger partial charge in [-0.05, 0) is 51.3 Å². The predicted octanol–water partition coefficient (Wildman–Crippen LogP) is 4.27. The normalized spacial score (nSPS) is 30.8. The number of epoxide rings is 1. The molecule has 1 unspecified atom stereocenters. The largest absolute Gasteiger partial charge is 0.506 e. The Kier molecular flexibility index (Phi) is 15.4. The van der Waals surface area contributed by atoms with Gasteiger partial charge in [-0.25, -0.2) is 9.59 Å². The van der Waals surface area contributed by atoms with Crippen molar-refractivity contribution in [3.63, 3.8) is 0 Å². The monoisotopic (exact) mass is 826 g/mol. The number of nitrogens with two attached hydrogens (primary N) is 1. The van der Waals surface area contributed by atoms with Crippen LogP contribution in [0.15, 0.2) is 35.9 Å². The summed E-state index contributed by atoms with van der Waals surface area (Å²) in [6.45, 7) is 8.71. The molecule has 304 valence electrons. The number of ether oxygens (including phenoxy) is 4. The van der Waals surface area contributed by atoms with Crippen LogP contribution in [0.25, 0.3) is 0 Å². The second-order valence-electron chi connectivity index (χ2n) is 14.4. The van der Waals surface area contributed by atoms with Gasteiger partial charge < -0.3 is 45.5 Å². The van der Waals surface area contributed by atoms with Gasteiger partial charge in [0, 0.05) is 43.3 Å². The van der Waals surface area contributed by atoms with E-state index in [9.17, 15) is 34.2 Å². The molecule has 2 saturated heterocycles. The summed E-state index contributed by atoms with van der Waals surface area (Å²) >= 11 is 6.40. The molecule has 1 aromatic carbocycles. The Hall–Kier alpha value is -3.48. The van der Waals surface area contributed by atoms with Crippen LogP contribution in [-0.2, 0) is 44.5 Å². The first kappa shape index (κ1) is 44.2. The maximum atomic E-state index is 13.6. The summed E-state index contributed by atoms with van der Waals surface area (Å²) in [7, 11) is 4.41. The highest BCUT2D eigenvalue weighted by molar-refractivity contribution is 8.76. The molecule has 18 heteroatoms. The summed E-state index contributed by atoms with van der Waals surface area (Å²) in [6.07, 6.45) is 1.37. The first-order chi connectivity index (χ1) is 25.8. The molecular formula is C37H51ClN4O11S2. The number of aromatic hydroxyl groups is 1. The third kappa shape index (κ3) is 12.0. The third-order valence-electron chi connectivity index (χ3n) is 9.75. The van der Waals surface area contributed by atoms with Crippen molar-refractivity contribution in [3.8, 4) is 5.75 Å². The molecule has 2 fully saturated rings. The summed E-state index contributed by atoms with van der Waals surface area (Å²) in [4.78, 5) is 63.7. The van der Waals surface area contributed by atoms with Crippen molar-refractivity contribution in [2.45, 2.75) is 120 Å². The molecule has 0 aromatic heterocycles.